The van der Waals surface area contributed by atoms with Gasteiger partial charge in [0, 0.05) is 19.1 Å². The van der Waals surface area contributed by atoms with Crippen LogP contribution in [0.3, 0.4) is 0 Å². The van der Waals surface area contributed by atoms with Crippen molar-refractivity contribution in [3.8, 4) is 0 Å². The molecule has 0 saturated carbocycles. The lowest BCUT2D eigenvalue weighted by Crippen LogP contribution is -1.95. The molecule has 0 bridgehead atoms. The highest BCUT2D eigenvalue weighted by atomic mass is 19.1. The predicted octanol–water partition coefficient (Wildman–Crippen LogP) is 4.31. The molecule has 0 N–H and O–H groups in total. The molecule has 2 nitrogen and oxygen atoms in total. The summed E-state index contributed by atoms with van der Waals surface area (Å²) in [5, 5.41) is 0. The monoisotopic (exact) mass is 262 g/mol. The maximum Gasteiger partial charge on any atom is 0.126 e. The number of hydrogen-bond acceptors (Lipinski definition) is 2. The number of methoxy groups -OCH3 is 1. The van der Waals surface area contributed by atoms with Crippen molar-refractivity contribution in [2.45, 2.75) is 13.3 Å². The molecule has 102 valence electrons. The molecule has 0 heterocycles. The molecule has 1 rings (SSSR count). The van der Waals surface area contributed by atoms with Gasteiger partial charge in [0.05, 0.1) is 6.61 Å². The van der Waals surface area contributed by atoms with Gasteiger partial charge in [-0.2, -0.15) is 0 Å². The Kier molecular flexibility index (Phi) is 6.03. The van der Waals surface area contributed by atoms with E-state index in [-0.39, 0.29) is 5.82 Å². The summed E-state index contributed by atoms with van der Waals surface area (Å²) in [6.07, 6.45) is 2.54. The molecule has 3 heteroatoms. The van der Waals surface area contributed by atoms with E-state index < -0.39 is 0 Å². The molecule has 0 atom stereocenters. The summed E-state index contributed by atoms with van der Waals surface area (Å²) in [4.78, 5) is 0. The second-order valence-corrected chi connectivity index (χ2v) is 4.09. The van der Waals surface area contributed by atoms with Crippen LogP contribution in [0.1, 0.15) is 18.9 Å². The van der Waals surface area contributed by atoms with E-state index in [1.807, 2.05) is 13.0 Å². The first-order valence-corrected chi connectivity index (χ1v) is 6.06. The van der Waals surface area contributed by atoms with E-state index in [4.69, 9.17) is 9.47 Å². The highest BCUT2D eigenvalue weighted by Crippen LogP contribution is 2.20. The Labute approximate surface area is 113 Å². The minimum absolute atomic E-state index is 0.281. The van der Waals surface area contributed by atoms with Gasteiger partial charge in [0.2, 0.25) is 0 Å². The van der Waals surface area contributed by atoms with Gasteiger partial charge in [-0.05, 0) is 35.9 Å². The Morgan fingerprint density at radius 1 is 1.26 bits per heavy atom. The summed E-state index contributed by atoms with van der Waals surface area (Å²) in [5.74, 6) is 0.950. The lowest BCUT2D eigenvalue weighted by molar-refractivity contribution is 0.228. The molecule has 19 heavy (non-hydrogen) atoms. The Hall–Kier alpha value is -1.87. The highest BCUT2D eigenvalue weighted by molar-refractivity contribution is 5.58. The van der Waals surface area contributed by atoms with Crippen LogP contribution in [0.2, 0.25) is 0 Å². The zero-order chi connectivity index (χ0) is 14.3. The van der Waals surface area contributed by atoms with Crippen LogP contribution >= 0.6 is 0 Å². The van der Waals surface area contributed by atoms with Gasteiger partial charge in [-0.15, -0.1) is 0 Å². The summed E-state index contributed by atoms with van der Waals surface area (Å²) in [6, 6.07) is 6.02. The topological polar surface area (TPSA) is 18.5 Å². The number of rotatable bonds is 7. The number of allylic oxidation sites excluding steroid dienone is 1. The molecule has 0 aliphatic heterocycles. The van der Waals surface area contributed by atoms with Gasteiger partial charge in [-0.25, -0.2) is 4.39 Å². The molecule has 0 unspecified atom stereocenters. The zero-order valence-electron chi connectivity index (χ0n) is 11.4. The van der Waals surface area contributed by atoms with Crippen LogP contribution in [0.25, 0.3) is 5.76 Å². The van der Waals surface area contributed by atoms with E-state index in [0.717, 1.165) is 16.9 Å². The SMILES string of the molecule is C=C(/C=C(\CC)OC(=C)c1ccc(F)cc1)COC. The quantitative estimate of drug-likeness (QED) is 0.538. The molecular formula is C16H19FO2. The third kappa shape index (κ3) is 5.10. The first-order valence-electron chi connectivity index (χ1n) is 6.06. The number of hydrogen-bond donors (Lipinski definition) is 0. The average Bonchev–Trinajstić information content (AvgIpc) is 2.38. The molecular weight excluding hydrogens is 243 g/mol. The Bertz CT molecular complexity index is 472. The van der Waals surface area contributed by atoms with Gasteiger partial charge in [-0.1, -0.05) is 20.1 Å². The van der Waals surface area contributed by atoms with Crippen LogP contribution in [0.4, 0.5) is 4.39 Å². The van der Waals surface area contributed by atoms with Crippen LogP contribution in [-0.4, -0.2) is 13.7 Å². The number of ether oxygens (including phenoxy) is 2. The smallest absolute Gasteiger partial charge is 0.126 e. The minimum atomic E-state index is -0.281. The van der Waals surface area contributed by atoms with Crippen molar-refractivity contribution in [2.75, 3.05) is 13.7 Å². The third-order valence-electron chi connectivity index (χ3n) is 2.46. The molecule has 0 spiro atoms. The van der Waals surface area contributed by atoms with Crippen LogP contribution in [0.15, 0.2) is 54.8 Å². The molecule has 0 radical (unpaired) electrons. The minimum Gasteiger partial charge on any atom is -0.462 e. The van der Waals surface area contributed by atoms with Crippen molar-refractivity contribution in [3.05, 3.63) is 66.2 Å². The predicted molar refractivity (Wildman–Crippen MR) is 75.9 cm³/mol. The van der Waals surface area contributed by atoms with E-state index in [1.54, 1.807) is 19.2 Å². The summed E-state index contributed by atoms with van der Waals surface area (Å²) in [7, 11) is 1.61. The second-order valence-electron chi connectivity index (χ2n) is 4.09. The summed E-state index contributed by atoms with van der Waals surface area (Å²) < 4.78 is 23.5. The Morgan fingerprint density at radius 2 is 1.89 bits per heavy atom. The van der Waals surface area contributed by atoms with Gasteiger partial charge in [0.15, 0.2) is 0 Å². The maximum atomic E-state index is 12.8. The number of benzene rings is 1. The van der Waals surface area contributed by atoms with Crippen molar-refractivity contribution in [1.29, 1.82) is 0 Å². The Morgan fingerprint density at radius 3 is 2.42 bits per heavy atom. The van der Waals surface area contributed by atoms with Crippen molar-refractivity contribution in [1.82, 2.24) is 0 Å². The van der Waals surface area contributed by atoms with E-state index in [1.165, 1.54) is 12.1 Å². The zero-order valence-corrected chi connectivity index (χ0v) is 11.4. The lowest BCUT2D eigenvalue weighted by Gasteiger charge is -2.12. The first kappa shape index (κ1) is 15.2. The van der Waals surface area contributed by atoms with Gasteiger partial charge < -0.3 is 9.47 Å². The molecule has 0 aliphatic carbocycles. The van der Waals surface area contributed by atoms with Crippen LogP contribution < -0.4 is 0 Å². The summed E-state index contributed by atoms with van der Waals surface area (Å²) in [5.41, 5.74) is 1.57. The molecule has 0 saturated heterocycles. The molecule has 0 amide bonds. The second kappa shape index (κ2) is 7.54. The standard InChI is InChI=1S/C16H19FO2/c1-5-16(10-12(2)11-18-4)19-13(3)14-6-8-15(17)9-7-14/h6-10H,2-3,5,11H2,1,4H3/b16-10+. The first-order chi connectivity index (χ1) is 9.06. The number of halogens is 1. The lowest BCUT2D eigenvalue weighted by atomic mass is 10.2. The molecule has 1 aromatic carbocycles. The molecule has 0 aliphatic rings. The average molecular weight is 262 g/mol. The van der Waals surface area contributed by atoms with E-state index in [0.29, 0.717) is 18.8 Å². The highest BCUT2D eigenvalue weighted by Gasteiger charge is 2.04. The van der Waals surface area contributed by atoms with Gasteiger partial charge in [0.25, 0.3) is 0 Å². The summed E-state index contributed by atoms with van der Waals surface area (Å²) >= 11 is 0. The van der Waals surface area contributed by atoms with Crippen molar-refractivity contribution >= 4 is 5.76 Å². The van der Waals surface area contributed by atoms with Gasteiger partial charge >= 0.3 is 0 Å². The molecule has 0 fully saturated rings. The van der Waals surface area contributed by atoms with Gasteiger partial charge in [-0.3, -0.25) is 0 Å². The fraction of sp³-hybridized carbons (Fsp3) is 0.250. The van der Waals surface area contributed by atoms with E-state index in [2.05, 4.69) is 13.2 Å². The van der Waals surface area contributed by atoms with Crippen LogP contribution in [0.5, 0.6) is 0 Å². The van der Waals surface area contributed by atoms with Crippen molar-refractivity contribution in [3.63, 3.8) is 0 Å². The third-order valence-corrected chi connectivity index (χ3v) is 2.46. The van der Waals surface area contributed by atoms with Crippen LogP contribution in [-0.2, 0) is 9.47 Å². The van der Waals surface area contributed by atoms with Gasteiger partial charge in [0.1, 0.15) is 17.3 Å². The molecule has 1 aromatic rings. The summed E-state index contributed by atoms with van der Waals surface area (Å²) in [6.45, 7) is 10.1. The largest absolute Gasteiger partial charge is 0.462 e. The van der Waals surface area contributed by atoms with Crippen LogP contribution in [0, 0.1) is 5.82 Å². The van der Waals surface area contributed by atoms with Crippen molar-refractivity contribution in [2.24, 2.45) is 0 Å². The Balaban J connectivity index is 2.73. The van der Waals surface area contributed by atoms with E-state index >= 15 is 0 Å². The van der Waals surface area contributed by atoms with Crippen molar-refractivity contribution < 1.29 is 13.9 Å². The normalized spacial score (nSPS) is 11.2. The van der Waals surface area contributed by atoms with E-state index in [9.17, 15) is 4.39 Å². The fourth-order valence-electron chi connectivity index (χ4n) is 1.51. The maximum absolute atomic E-state index is 12.8. The molecule has 0 aromatic heterocycles. The fourth-order valence-corrected chi connectivity index (χ4v) is 1.51.